The summed E-state index contributed by atoms with van der Waals surface area (Å²) < 4.78 is 0. The molecular weight excluding hydrogens is 330 g/mol. The average molecular weight is 358 g/mol. The number of thiol groups is 1. The molecule has 0 bridgehead atoms. The van der Waals surface area contributed by atoms with Crippen LogP contribution in [0.5, 0.6) is 0 Å². The third-order valence-corrected chi connectivity index (χ3v) is 3.17. The lowest BCUT2D eigenvalue weighted by Gasteiger charge is -2.04. The van der Waals surface area contributed by atoms with Crippen molar-refractivity contribution in [1.29, 1.82) is 0 Å². The molecule has 0 spiro atoms. The number of aromatic amines is 1. The lowest BCUT2D eigenvalue weighted by molar-refractivity contribution is 0.112. The zero-order valence-electron chi connectivity index (χ0n) is 15.5. The van der Waals surface area contributed by atoms with Crippen molar-refractivity contribution in [2.45, 2.75) is 34.6 Å². The maximum absolute atomic E-state index is 10.8. The van der Waals surface area contributed by atoms with Gasteiger partial charge in [-0.3, -0.25) is 9.59 Å². The number of hydrogen-bond acceptors (Lipinski definition) is 2. The minimum absolute atomic E-state index is 0.444. The zero-order chi connectivity index (χ0) is 19.2. The molecule has 1 N–H and O–H groups in total. The summed E-state index contributed by atoms with van der Waals surface area (Å²) in [6.45, 7) is 10.1. The van der Waals surface area contributed by atoms with E-state index in [9.17, 15) is 4.79 Å². The van der Waals surface area contributed by atoms with Gasteiger partial charge >= 0.3 is 0 Å². The molecule has 0 unspecified atom stereocenters. The third kappa shape index (κ3) is 6.59. The summed E-state index contributed by atoms with van der Waals surface area (Å²) in [6.07, 6.45) is 0.846. The number of nitrogens with one attached hydrogen (secondary N) is 1. The van der Waals surface area contributed by atoms with Gasteiger partial charge in [0.25, 0.3) is 0 Å². The molecule has 0 aliphatic heterocycles. The van der Waals surface area contributed by atoms with E-state index in [0.29, 0.717) is 11.3 Å². The molecule has 0 atom stereocenters. The van der Waals surface area contributed by atoms with Gasteiger partial charge in [0.15, 0.2) is 11.9 Å². The fraction of sp³-hybridized carbons (Fsp3) is 0.238. The van der Waals surface area contributed by atoms with Gasteiger partial charge in [0.1, 0.15) is 0 Å². The first-order valence-corrected chi connectivity index (χ1v) is 8.93. The first-order valence-electron chi connectivity index (χ1n) is 8.41. The van der Waals surface area contributed by atoms with E-state index in [4.69, 9.17) is 4.79 Å². The first-order chi connectivity index (χ1) is 12.2. The minimum Gasteiger partial charge on any atom is -0.352 e. The molecule has 1 aromatic heterocycles. The number of aryl methyl sites for hydroxylation is 1. The van der Waals surface area contributed by atoms with Gasteiger partial charge in [-0.05, 0) is 30.2 Å². The molecular formula is C21H27NO2S. The normalized spacial score (nSPS) is 8.72. The number of benzene rings is 2. The number of carbonyl (C=O) groups excluding carboxylic acids is 2. The smallest absolute Gasteiger partial charge is 0.173 e. The maximum Gasteiger partial charge on any atom is 0.173 e. The monoisotopic (exact) mass is 357 g/mol. The second-order valence-corrected chi connectivity index (χ2v) is 4.79. The van der Waals surface area contributed by atoms with Crippen molar-refractivity contribution in [3.8, 4) is 11.1 Å². The molecule has 0 saturated carbocycles. The van der Waals surface area contributed by atoms with E-state index >= 15 is 0 Å². The fourth-order valence-corrected chi connectivity index (χ4v) is 2.23. The molecule has 0 radical (unpaired) electrons. The number of hydrogen-bond donors (Lipinski definition) is 2. The van der Waals surface area contributed by atoms with Crippen molar-refractivity contribution in [1.82, 2.24) is 4.98 Å². The van der Waals surface area contributed by atoms with Crippen molar-refractivity contribution in [2.75, 3.05) is 0 Å². The summed E-state index contributed by atoms with van der Waals surface area (Å²) in [4.78, 5) is 22.6. The Bertz CT molecular complexity index is 761. The Kier molecular flexibility index (Phi) is 11.8. The van der Waals surface area contributed by atoms with E-state index in [-0.39, 0.29) is 0 Å². The molecule has 0 saturated heterocycles. The van der Waals surface area contributed by atoms with Gasteiger partial charge in [-0.25, -0.2) is 0 Å². The van der Waals surface area contributed by atoms with Crippen molar-refractivity contribution in [3.63, 3.8) is 0 Å². The highest BCUT2D eigenvalue weighted by molar-refractivity contribution is 7.94. The van der Waals surface area contributed by atoms with Gasteiger partial charge in [0, 0.05) is 10.9 Å². The zero-order valence-corrected chi connectivity index (χ0v) is 16.4. The van der Waals surface area contributed by atoms with Crippen molar-refractivity contribution in [2.24, 2.45) is 0 Å². The molecule has 0 amide bonds. The quantitative estimate of drug-likeness (QED) is 0.429. The number of H-pyrrole nitrogens is 1. The van der Waals surface area contributed by atoms with E-state index in [0.717, 1.165) is 22.8 Å². The SMILES string of the molecule is CC.CC.Cc1ccc(-c2cccc3[nH]c(C=O)cc23)cc1.O=CS. The van der Waals surface area contributed by atoms with Crippen LogP contribution in [0.3, 0.4) is 0 Å². The Balaban J connectivity index is 0.000000728. The van der Waals surface area contributed by atoms with Gasteiger partial charge in [-0.1, -0.05) is 69.7 Å². The van der Waals surface area contributed by atoms with Gasteiger partial charge in [-0.15, -0.1) is 12.6 Å². The Morgan fingerprint density at radius 1 is 0.920 bits per heavy atom. The van der Waals surface area contributed by atoms with Crippen LogP contribution in [0.15, 0.2) is 48.5 Å². The number of carbonyl (C=O) groups is 2. The van der Waals surface area contributed by atoms with E-state index < -0.39 is 0 Å². The van der Waals surface area contributed by atoms with Crippen LogP contribution in [-0.4, -0.2) is 16.9 Å². The summed E-state index contributed by atoms with van der Waals surface area (Å²) >= 11 is 3.11. The summed E-state index contributed by atoms with van der Waals surface area (Å²) in [6, 6.07) is 16.4. The van der Waals surface area contributed by atoms with Crippen LogP contribution in [-0.2, 0) is 4.79 Å². The highest BCUT2D eigenvalue weighted by Crippen LogP contribution is 2.29. The molecule has 134 valence electrons. The van der Waals surface area contributed by atoms with Crippen LogP contribution in [0.2, 0.25) is 0 Å². The molecule has 3 rings (SSSR count). The number of rotatable bonds is 2. The third-order valence-electron chi connectivity index (χ3n) is 3.17. The Morgan fingerprint density at radius 3 is 2.00 bits per heavy atom. The Morgan fingerprint density at radius 2 is 1.48 bits per heavy atom. The predicted molar refractivity (Wildman–Crippen MR) is 112 cm³/mol. The average Bonchev–Trinajstić information content (AvgIpc) is 3.10. The van der Waals surface area contributed by atoms with E-state index in [1.807, 2.05) is 45.9 Å². The van der Waals surface area contributed by atoms with Crippen molar-refractivity contribution >= 4 is 35.4 Å². The highest BCUT2D eigenvalue weighted by atomic mass is 32.1. The van der Waals surface area contributed by atoms with Crippen LogP contribution in [0.25, 0.3) is 22.0 Å². The first kappa shape index (κ1) is 22.7. The van der Waals surface area contributed by atoms with Crippen molar-refractivity contribution < 1.29 is 9.59 Å². The lowest BCUT2D eigenvalue weighted by atomic mass is 10.0. The van der Waals surface area contributed by atoms with Crippen LogP contribution in [0.4, 0.5) is 0 Å². The molecule has 2 aromatic carbocycles. The molecule has 0 aliphatic carbocycles. The highest BCUT2D eigenvalue weighted by Gasteiger charge is 2.06. The summed E-state index contributed by atoms with van der Waals surface area (Å²) in [5, 5.41) is 1.09. The second-order valence-electron chi connectivity index (χ2n) is 4.58. The van der Waals surface area contributed by atoms with Gasteiger partial charge < -0.3 is 4.98 Å². The molecule has 4 heteroatoms. The van der Waals surface area contributed by atoms with Crippen LogP contribution < -0.4 is 0 Å². The lowest BCUT2D eigenvalue weighted by Crippen LogP contribution is -1.79. The Hall–Kier alpha value is -2.33. The van der Waals surface area contributed by atoms with Gasteiger partial charge in [-0.2, -0.15) is 0 Å². The molecule has 25 heavy (non-hydrogen) atoms. The largest absolute Gasteiger partial charge is 0.352 e. The number of aldehydes is 1. The minimum atomic E-state index is 0.444. The standard InChI is InChI=1S/C16H13NO.2C2H6.CH2OS/c1-11-5-7-12(8-6-11)14-3-2-4-16-15(14)9-13(10-18)17-16;2*1-2;2-1-3/h2-10,17H,1H3;2*1-2H3;1H,(H,2,3). The number of fused-ring (bicyclic) bond motifs is 1. The molecule has 3 nitrogen and oxygen atoms in total. The van der Waals surface area contributed by atoms with Gasteiger partial charge in [0.2, 0.25) is 0 Å². The summed E-state index contributed by atoms with van der Waals surface area (Å²) in [5.74, 6) is 0. The van der Waals surface area contributed by atoms with Crippen LogP contribution >= 0.6 is 12.6 Å². The summed E-state index contributed by atoms with van der Waals surface area (Å²) in [5.41, 5.74) is 5.62. The van der Waals surface area contributed by atoms with Crippen LogP contribution in [0.1, 0.15) is 43.7 Å². The molecule has 1 heterocycles. The topological polar surface area (TPSA) is 49.9 Å². The molecule has 0 aliphatic rings. The van der Waals surface area contributed by atoms with E-state index in [2.05, 4.69) is 54.9 Å². The summed E-state index contributed by atoms with van der Waals surface area (Å²) in [7, 11) is 0. The van der Waals surface area contributed by atoms with Gasteiger partial charge in [0.05, 0.1) is 5.69 Å². The maximum atomic E-state index is 10.8. The molecule has 3 aromatic rings. The van der Waals surface area contributed by atoms with E-state index in [1.165, 1.54) is 11.1 Å². The van der Waals surface area contributed by atoms with Crippen LogP contribution in [0, 0.1) is 6.92 Å². The fourth-order valence-electron chi connectivity index (χ4n) is 2.23. The van der Waals surface area contributed by atoms with Crippen molar-refractivity contribution in [3.05, 3.63) is 59.8 Å². The molecule has 0 fully saturated rings. The number of aromatic nitrogens is 1. The Labute approximate surface area is 155 Å². The second kappa shape index (κ2) is 13.0. The van der Waals surface area contributed by atoms with E-state index in [1.54, 1.807) is 0 Å². The predicted octanol–water partition coefficient (Wildman–Crippen LogP) is 6.11.